The Labute approximate surface area is 173 Å². The van der Waals surface area contributed by atoms with Crippen molar-refractivity contribution in [2.45, 2.75) is 39.2 Å². The smallest absolute Gasteiger partial charge is 0.306 e. The van der Waals surface area contributed by atoms with E-state index >= 15 is 0 Å². The summed E-state index contributed by atoms with van der Waals surface area (Å²) in [6, 6.07) is 12.6. The van der Waals surface area contributed by atoms with Crippen molar-refractivity contribution in [3.63, 3.8) is 0 Å². The maximum absolute atomic E-state index is 13.2. The number of halogens is 1. The summed E-state index contributed by atoms with van der Waals surface area (Å²) in [5.41, 5.74) is 1.67. The highest BCUT2D eigenvalue weighted by atomic mass is 19.1. The fourth-order valence-electron chi connectivity index (χ4n) is 3.13. The third-order valence-corrected chi connectivity index (χ3v) is 4.73. The number of aryl methyl sites for hydroxylation is 2. The molecular formula is C23H23FN2O4. The molecule has 0 saturated carbocycles. The molecule has 7 heteroatoms. The number of benzene rings is 2. The number of carbonyl (C=O) groups excluding carboxylic acids is 2. The zero-order valence-corrected chi connectivity index (χ0v) is 16.8. The number of ether oxygens (including phenoxy) is 1. The van der Waals surface area contributed by atoms with Gasteiger partial charge in [0.2, 0.25) is 0 Å². The van der Waals surface area contributed by atoms with Crippen molar-refractivity contribution in [3.05, 3.63) is 76.0 Å². The molecule has 0 fully saturated rings. The first kappa shape index (κ1) is 21.4. The number of hydrogen-bond acceptors (Lipinski definition) is 5. The molecule has 0 aliphatic rings. The Bertz CT molecular complexity index is 1120. The standard InChI is InChI=1S/C23H23FN2O4/c1-2-3-13-26-20-10-5-4-9-18(20)25-19(23(26)29)11-12-22(28)30-15-21(27)16-7-6-8-17(24)14-16/h4-10,14H,2-3,11-13,15H2,1H3. The van der Waals surface area contributed by atoms with Gasteiger partial charge in [0.15, 0.2) is 12.4 Å². The average molecular weight is 410 g/mol. The molecular weight excluding hydrogens is 387 g/mol. The summed E-state index contributed by atoms with van der Waals surface area (Å²) < 4.78 is 19.9. The number of esters is 1. The van der Waals surface area contributed by atoms with Crippen LogP contribution in [0.5, 0.6) is 0 Å². The molecule has 0 saturated heterocycles. The van der Waals surface area contributed by atoms with Gasteiger partial charge in [-0.1, -0.05) is 37.6 Å². The number of ketones is 1. The number of hydrogen-bond donors (Lipinski definition) is 0. The van der Waals surface area contributed by atoms with Gasteiger partial charge in [-0.2, -0.15) is 0 Å². The lowest BCUT2D eigenvalue weighted by Crippen LogP contribution is -2.26. The molecule has 0 atom stereocenters. The number of fused-ring (bicyclic) bond motifs is 1. The number of carbonyl (C=O) groups is 2. The molecule has 0 spiro atoms. The summed E-state index contributed by atoms with van der Waals surface area (Å²) in [4.78, 5) is 41.3. The number of Topliss-reactive ketones (excluding diaryl/α,β-unsaturated/α-hetero) is 1. The molecule has 0 aliphatic heterocycles. The topological polar surface area (TPSA) is 78.3 Å². The summed E-state index contributed by atoms with van der Waals surface area (Å²) in [6.45, 7) is 2.16. The SMILES string of the molecule is CCCCn1c(=O)c(CCC(=O)OCC(=O)c2cccc(F)c2)nc2ccccc21. The lowest BCUT2D eigenvalue weighted by Gasteiger charge is -2.12. The van der Waals surface area contributed by atoms with Gasteiger partial charge in [0.1, 0.15) is 11.5 Å². The van der Waals surface area contributed by atoms with Crippen molar-refractivity contribution in [3.8, 4) is 0 Å². The van der Waals surface area contributed by atoms with Gasteiger partial charge in [-0.15, -0.1) is 0 Å². The van der Waals surface area contributed by atoms with Crippen molar-refractivity contribution in [1.82, 2.24) is 9.55 Å². The number of para-hydroxylation sites is 2. The monoisotopic (exact) mass is 410 g/mol. The Morgan fingerprint density at radius 1 is 1.13 bits per heavy atom. The van der Waals surface area contributed by atoms with Crippen molar-refractivity contribution >= 4 is 22.8 Å². The van der Waals surface area contributed by atoms with Gasteiger partial charge in [0.25, 0.3) is 5.56 Å². The van der Waals surface area contributed by atoms with E-state index in [0.717, 1.165) is 24.4 Å². The van der Waals surface area contributed by atoms with Crippen LogP contribution in [0, 0.1) is 5.82 Å². The second kappa shape index (κ2) is 9.91. The van der Waals surface area contributed by atoms with Crippen LogP contribution < -0.4 is 5.56 Å². The number of aromatic nitrogens is 2. The molecule has 156 valence electrons. The van der Waals surface area contributed by atoms with E-state index in [1.807, 2.05) is 24.3 Å². The van der Waals surface area contributed by atoms with E-state index in [2.05, 4.69) is 11.9 Å². The van der Waals surface area contributed by atoms with Gasteiger partial charge in [-0.25, -0.2) is 9.37 Å². The van der Waals surface area contributed by atoms with Crippen LogP contribution in [-0.2, 0) is 22.5 Å². The molecule has 0 radical (unpaired) electrons. The van der Waals surface area contributed by atoms with E-state index in [1.165, 1.54) is 18.2 Å². The zero-order chi connectivity index (χ0) is 21.5. The predicted octanol–water partition coefficient (Wildman–Crippen LogP) is 3.69. The van der Waals surface area contributed by atoms with Crippen molar-refractivity contribution < 1.29 is 18.7 Å². The molecule has 3 rings (SSSR count). The maximum atomic E-state index is 13.2. The minimum atomic E-state index is -0.616. The quantitative estimate of drug-likeness (QED) is 0.397. The lowest BCUT2D eigenvalue weighted by atomic mass is 10.1. The first-order chi connectivity index (χ1) is 14.5. The Balaban J connectivity index is 1.66. The molecule has 3 aromatic rings. The second-order valence-corrected chi connectivity index (χ2v) is 6.95. The zero-order valence-electron chi connectivity index (χ0n) is 16.8. The molecule has 0 unspecified atom stereocenters. The summed E-state index contributed by atoms with van der Waals surface area (Å²) in [5, 5.41) is 0. The summed E-state index contributed by atoms with van der Waals surface area (Å²) in [6.07, 6.45) is 1.84. The molecule has 1 heterocycles. The summed E-state index contributed by atoms with van der Waals surface area (Å²) >= 11 is 0. The van der Waals surface area contributed by atoms with E-state index in [9.17, 15) is 18.8 Å². The van der Waals surface area contributed by atoms with Gasteiger partial charge in [0.05, 0.1) is 17.5 Å². The van der Waals surface area contributed by atoms with Gasteiger partial charge < -0.3 is 9.30 Å². The van der Waals surface area contributed by atoms with E-state index in [1.54, 1.807) is 4.57 Å². The predicted molar refractivity (Wildman–Crippen MR) is 111 cm³/mol. The number of rotatable bonds is 9. The third-order valence-electron chi connectivity index (χ3n) is 4.73. The minimum Gasteiger partial charge on any atom is -0.457 e. The van der Waals surface area contributed by atoms with Crippen LogP contribution in [0.15, 0.2) is 53.3 Å². The molecule has 0 aliphatic carbocycles. The van der Waals surface area contributed by atoms with Crippen LogP contribution >= 0.6 is 0 Å². The molecule has 0 amide bonds. The van der Waals surface area contributed by atoms with E-state index in [4.69, 9.17) is 4.74 Å². The Morgan fingerprint density at radius 3 is 2.70 bits per heavy atom. The molecule has 0 N–H and O–H groups in total. The lowest BCUT2D eigenvalue weighted by molar-refractivity contribution is -0.142. The van der Waals surface area contributed by atoms with Crippen LogP contribution in [-0.4, -0.2) is 27.9 Å². The largest absolute Gasteiger partial charge is 0.457 e. The fourth-order valence-corrected chi connectivity index (χ4v) is 3.13. The van der Waals surface area contributed by atoms with Crippen LogP contribution in [0.2, 0.25) is 0 Å². The van der Waals surface area contributed by atoms with Gasteiger partial charge in [-0.05, 0) is 30.7 Å². The van der Waals surface area contributed by atoms with Crippen LogP contribution in [0.1, 0.15) is 42.2 Å². The highest BCUT2D eigenvalue weighted by molar-refractivity contribution is 5.97. The average Bonchev–Trinajstić information content (AvgIpc) is 2.75. The minimum absolute atomic E-state index is 0.0786. The fraction of sp³-hybridized carbons (Fsp3) is 0.304. The van der Waals surface area contributed by atoms with Gasteiger partial charge >= 0.3 is 5.97 Å². The van der Waals surface area contributed by atoms with Crippen molar-refractivity contribution in [2.75, 3.05) is 6.61 Å². The number of nitrogens with zero attached hydrogens (tertiary/aromatic N) is 2. The van der Waals surface area contributed by atoms with Gasteiger partial charge in [0, 0.05) is 18.5 Å². The first-order valence-corrected chi connectivity index (χ1v) is 9.92. The Kier molecular flexibility index (Phi) is 7.06. The molecule has 30 heavy (non-hydrogen) atoms. The highest BCUT2D eigenvalue weighted by Crippen LogP contribution is 2.12. The van der Waals surface area contributed by atoms with Crippen molar-refractivity contribution in [1.29, 1.82) is 0 Å². The highest BCUT2D eigenvalue weighted by Gasteiger charge is 2.14. The molecule has 6 nitrogen and oxygen atoms in total. The first-order valence-electron chi connectivity index (χ1n) is 9.92. The third kappa shape index (κ3) is 5.17. The van der Waals surface area contributed by atoms with Crippen molar-refractivity contribution in [2.24, 2.45) is 0 Å². The summed E-state index contributed by atoms with van der Waals surface area (Å²) in [7, 11) is 0. The van der Waals surface area contributed by atoms with Crippen LogP contribution in [0.25, 0.3) is 11.0 Å². The van der Waals surface area contributed by atoms with Crippen LogP contribution in [0.3, 0.4) is 0 Å². The van der Waals surface area contributed by atoms with Crippen LogP contribution in [0.4, 0.5) is 4.39 Å². The van der Waals surface area contributed by atoms with E-state index < -0.39 is 24.2 Å². The second-order valence-electron chi connectivity index (χ2n) is 6.95. The maximum Gasteiger partial charge on any atom is 0.306 e. The summed E-state index contributed by atoms with van der Waals surface area (Å²) in [5.74, 6) is -1.64. The molecule has 1 aromatic heterocycles. The number of unbranched alkanes of at least 4 members (excludes halogenated alkanes) is 1. The van der Waals surface area contributed by atoms with Gasteiger partial charge in [-0.3, -0.25) is 14.4 Å². The van der Waals surface area contributed by atoms with E-state index in [-0.39, 0.29) is 24.0 Å². The Morgan fingerprint density at radius 2 is 1.93 bits per heavy atom. The molecule has 0 bridgehead atoms. The molecule has 2 aromatic carbocycles. The Hall–Kier alpha value is -3.35. The normalized spacial score (nSPS) is 10.9. The van der Waals surface area contributed by atoms with E-state index in [0.29, 0.717) is 17.8 Å².